The summed E-state index contributed by atoms with van der Waals surface area (Å²) in [5, 5.41) is 9.02. The molecule has 2 atom stereocenters. The quantitative estimate of drug-likeness (QED) is 0.517. The number of carboxylic acid groups (broad SMARTS) is 1. The number of nitrogens with zero attached hydrogens (tertiary/aromatic N) is 1. The zero-order valence-electron chi connectivity index (χ0n) is 11.6. The predicted octanol–water partition coefficient (Wildman–Crippen LogP) is 2.43. The van der Waals surface area contributed by atoms with Crippen LogP contribution in [0.3, 0.4) is 0 Å². The van der Waals surface area contributed by atoms with E-state index in [4.69, 9.17) is 5.11 Å². The summed E-state index contributed by atoms with van der Waals surface area (Å²) in [6.45, 7) is 1.64. The van der Waals surface area contributed by atoms with Crippen molar-refractivity contribution in [2.45, 2.75) is 13.3 Å². The van der Waals surface area contributed by atoms with Crippen LogP contribution in [0.5, 0.6) is 0 Å². The largest absolute Gasteiger partial charge is 0.481 e. The molecular weight excluding hydrogens is 306 g/mol. The zero-order chi connectivity index (χ0) is 16.6. The molecule has 22 heavy (non-hydrogen) atoms. The molecule has 0 saturated carbocycles. The highest BCUT2D eigenvalue weighted by molar-refractivity contribution is 5.95. The Bertz CT molecular complexity index is 635. The van der Waals surface area contributed by atoms with Crippen LogP contribution in [0.15, 0.2) is 6.07 Å². The first-order chi connectivity index (χ1) is 10.2. The van der Waals surface area contributed by atoms with Crippen LogP contribution in [0.25, 0.3) is 0 Å². The smallest absolute Gasteiger partial charge is 0.308 e. The fourth-order valence-corrected chi connectivity index (χ4v) is 2.60. The zero-order valence-corrected chi connectivity index (χ0v) is 11.6. The van der Waals surface area contributed by atoms with Crippen molar-refractivity contribution in [2.24, 2.45) is 11.8 Å². The molecule has 1 fully saturated rings. The number of halogens is 4. The highest BCUT2D eigenvalue weighted by atomic mass is 19.2. The minimum Gasteiger partial charge on any atom is -0.481 e. The average molecular weight is 319 g/mol. The number of carboxylic acids is 1. The van der Waals surface area contributed by atoms with E-state index in [2.05, 4.69) is 0 Å². The maximum absolute atomic E-state index is 13.7. The van der Waals surface area contributed by atoms with Crippen molar-refractivity contribution in [1.29, 1.82) is 0 Å². The van der Waals surface area contributed by atoms with Crippen molar-refractivity contribution in [2.75, 3.05) is 13.1 Å². The molecule has 1 amide bonds. The Balaban J connectivity index is 2.34. The van der Waals surface area contributed by atoms with Gasteiger partial charge in [0.1, 0.15) is 0 Å². The Morgan fingerprint density at radius 2 is 1.77 bits per heavy atom. The highest BCUT2D eigenvalue weighted by Crippen LogP contribution is 2.25. The Kier molecular flexibility index (Phi) is 4.39. The number of aliphatic carboxylic acids is 1. The summed E-state index contributed by atoms with van der Waals surface area (Å²) in [5.74, 6) is -10.7. The molecule has 1 aromatic rings. The monoisotopic (exact) mass is 319 g/mol. The summed E-state index contributed by atoms with van der Waals surface area (Å²) >= 11 is 0. The van der Waals surface area contributed by atoms with Gasteiger partial charge in [-0.2, -0.15) is 0 Å². The number of carbonyl (C=O) groups is 2. The van der Waals surface area contributed by atoms with Crippen molar-refractivity contribution < 1.29 is 32.3 Å². The second kappa shape index (κ2) is 5.94. The van der Waals surface area contributed by atoms with E-state index >= 15 is 0 Å². The standard InChI is InChI=1S/C14H13F4NO3/c1-6-2-7(14(21)22)5-19(4-6)13(20)8-3-9(15)11(17)12(18)10(8)16/h3,6-7H,2,4-5H2,1H3,(H,21,22). The van der Waals surface area contributed by atoms with Crippen LogP contribution < -0.4 is 0 Å². The SMILES string of the molecule is CC1CC(C(=O)O)CN(C(=O)c2cc(F)c(F)c(F)c2F)C1. The van der Waals surface area contributed by atoms with Crippen LogP contribution in [0.1, 0.15) is 23.7 Å². The molecule has 1 heterocycles. The maximum atomic E-state index is 13.7. The summed E-state index contributed by atoms with van der Waals surface area (Å²) in [6.07, 6.45) is 0.341. The van der Waals surface area contributed by atoms with Gasteiger partial charge in [-0.05, 0) is 18.4 Å². The van der Waals surface area contributed by atoms with E-state index in [9.17, 15) is 27.2 Å². The third-order valence-corrected chi connectivity index (χ3v) is 3.63. The van der Waals surface area contributed by atoms with E-state index in [1.165, 1.54) is 0 Å². The molecule has 120 valence electrons. The van der Waals surface area contributed by atoms with Crippen molar-refractivity contribution in [3.8, 4) is 0 Å². The lowest BCUT2D eigenvalue weighted by molar-refractivity contribution is -0.143. The molecule has 4 nitrogen and oxygen atoms in total. The lowest BCUT2D eigenvalue weighted by Crippen LogP contribution is -2.45. The summed E-state index contributed by atoms with van der Waals surface area (Å²) in [7, 11) is 0. The van der Waals surface area contributed by atoms with Crippen molar-refractivity contribution in [3.05, 3.63) is 34.9 Å². The number of carbonyl (C=O) groups excluding carboxylic acids is 1. The molecule has 0 bridgehead atoms. The van der Waals surface area contributed by atoms with Crippen LogP contribution >= 0.6 is 0 Å². The summed E-state index contributed by atoms with van der Waals surface area (Å²) < 4.78 is 53.0. The molecule has 0 spiro atoms. The maximum Gasteiger partial charge on any atom is 0.308 e. The van der Waals surface area contributed by atoms with Crippen molar-refractivity contribution in [3.63, 3.8) is 0 Å². The Hall–Kier alpha value is -2.12. The van der Waals surface area contributed by atoms with Crippen LogP contribution in [0, 0.1) is 35.1 Å². The topological polar surface area (TPSA) is 57.6 Å². The molecule has 1 aliphatic heterocycles. The van der Waals surface area contributed by atoms with E-state index in [1.54, 1.807) is 6.92 Å². The molecular formula is C14H13F4NO3. The molecule has 1 aromatic carbocycles. The predicted molar refractivity (Wildman–Crippen MR) is 67.1 cm³/mol. The second-order valence-corrected chi connectivity index (χ2v) is 5.43. The van der Waals surface area contributed by atoms with Gasteiger partial charge in [0, 0.05) is 13.1 Å². The van der Waals surface area contributed by atoms with Crippen LogP contribution in [0.2, 0.25) is 0 Å². The summed E-state index contributed by atoms with van der Waals surface area (Å²) in [4.78, 5) is 24.2. The molecule has 2 unspecified atom stereocenters. The first-order valence-electron chi connectivity index (χ1n) is 6.57. The minimum atomic E-state index is -2.07. The second-order valence-electron chi connectivity index (χ2n) is 5.43. The van der Waals surface area contributed by atoms with Crippen LogP contribution in [0.4, 0.5) is 17.6 Å². The number of hydrogen-bond donors (Lipinski definition) is 1. The number of rotatable bonds is 2. The first kappa shape index (κ1) is 16.3. The van der Waals surface area contributed by atoms with Gasteiger partial charge in [-0.25, -0.2) is 17.6 Å². The number of likely N-dealkylation sites (tertiary alicyclic amines) is 1. The number of piperidine rings is 1. The number of amides is 1. The van der Waals surface area contributed by atoms with Gasteiger partial charge in [-0.1, -0.05) is 6.92 Å². The average Bonchev–Trinajstić information content (AvgIpc) is 2.47. The molecule has 2 rings (SSSR count). The van der Waals surface area contributed by atoms with E-state index in [1.807, 2.05) is 0 Å². The van der Waals surface area contributed by atoms with E-state index in [0.717, 1.165) is 4.90 Å². The van der Waals surface area contributed by atoms with Gasteiger partial charge in [-0.15, -0.1) is 0 Å². The molecule has 0 aliphatic carbocycles. The van der Waals surface area contributed by atoms with E-state index in [-0.39, 0.29) is 25.1 Å². The normalized spacial score (nSPS) is 21.8. The van der Waals surface area contributed by atoms with Gasteiger partial charge in [0.15, 0.2) is 23.3 Å². The Morgan fingerprint density at radius 1 is 1.14 bits per heavy atom. The highest BCUT2D eigenvalue weighted by Gasteiger charge is 2.34. The lowest BCUT2D eigenvalue weighted by atomic mass is 9.90. The Labute approximate surface area is 123 Å². The van der Waals surface area contributed by atoms with E-state index in [0.29, 0.717) is 6.42 Å². The molecule has 0 aromatic heterocycles. The Morgan fingerprint density at radius 3 is 2.36 bits per heavy atom. The fourth-order valence-electron chi connectivity index (χ4n) is 2.60. The van der Waals surface area contributed by atoms with Crippen LogP contribution in [-0.4, -0.2) is 35.0 Å². The van der Waals surface area contributed by atoms with E-state index < -0.39 is 46.6 Å². The molecule has 1 aliphatic rings. The molecule has 1 saturated heterocycles. The number of hydrogen-bond acceptors (Lipinski definition) is 2. The summed E-state index contributed by atoms with van der Waals surface area (Å²) in [5.41, 5.74) is -0.949. The van der Waals surface area contributed by atoms with Crippen LogP contribution in [-0.2, 0) is 4.79 Å². The number of benzene rings is 1. The van der Waals surface area contributed by atoms with Gasteiger partial charge in [0.25, 0.3) is 5.91 Å². The van der Waals surface area contributed by atoms with Gasteiger partial charge in [-0.3, -0.25) is 9.59 Å². The van der Waals surface area contributed by atoms with Crippen molar-refractivity contribution >= 4 is 11.9 Å². The third kappa shape index (κ3) is 2.90. The molecule has 1 N–H and O–H groups in total. The van der Waals surface area contributed by atoms with Gasteiger partial charge >= 0.3 is 5.97 Å². The van der Waals surface area contributed by atoms with Gasteiger partial charge < -0.3 is 10.0 Å². The minimum absolute atomic E-state index is 0.128. The molecule has 8 heteroatoms. The van der Waals surface area contributed by atoms with Crippen molar-refractivity contribution in [1.82, 2.24) is 4.90 Å². The first-order valence-corrected chi connectivity index (χ1v) is 6.57. The van der Waals surface area contributed by atoms with Gasteiger partial charge in [0.2, 0.25) is 0 Å². The summed E-state index contributed by atoms with van der Waals surface area (Å²) in [6, 6.07) is 0.283. The van der Waals surface area contributed by atoms with Gasteiger partial charge in [0.05, 0.1) is 11.5 Å². The molecule has 0 radical (unpaired) electrons. The fraction of sp³-hybridized carbons (Fsp3) is 0.429. The third-order valence-electron chi connectivity index (χ3n) is 3.63. The lowest BCUT2D eigenvalue weighted by Gasteiger charge is -2.34.